The van der Waals surface area contributed by atoms with E-state index in [0.717, 1.165) is 17.1 Å². The summed E-state index contributed by atoms with van der Waals surface area (Å²) in [4.78, 5) is 2.39. The molecule has 0 N–H and O–H groups in total. The average Bonchev–Trinajstić information content (AvgIpc) is 3.83. The Balaban J connectivity index is 0.934. The minimum Gasteiger partial charge on any atom is -0.311 e. The highest BCUT2D eigenvalue weighted by atomic mass is 15.1. The monoisotopic (exact) mass is 945 g/mol. The molecule has 0 spiro atoms. The lowest BCUT2D eigenvalue weighted by atomic mass is 9.67. The molecule has 1 aliphatic carbocycles. The molecule has 0 radical (unpaired) electrons. The molecule has 12 aromatic rings. The standard InChI is InChI=1S/C73H55N/c1-72(2,3)57-40-42-59(43-41-57)73(58-38-30-51(31-39-58)50-16-5-4-6-17-50)69-28-12-11-24-68(69)71-67(27-15-29-70(71)73)56-36-48-62(49-37-56)74(60-44-32-54(33-45-60)65-25-13-20-52-18-7-9-22-63(52)65)61-46-34-55(35-47-61)66-26-14-21-53-19-8-10-23-64(53)66/h4-49H,1-3H3. The fourth-order valence-corrected chi connectivity index (χ4v) is 11.9. The van der Waals surface area contributed by atoms with E-state index in [1.807, 2.05) is 0 Å². The van der Waals surface area contributed by atoms with Crippen LogP contribution in [-0.4, -0.2) is 0 Å². The molecule has 0 saturated heterocycles. The number of rotatable bonds is 9. The molecule has 1 heteroatoms. The van der Waals surface area contributed by atoms with Gasteiger partial charge in [-0.2, -0.15) is 0 Å². The molecule has 352 valence electrons. The third-order valence-electron chi connectivity index (χ3n) is 15.6. The molecule has 13 rings (SSSR count). The molecule has 0 saturated carbocycles. The van der Waals surface area contributed by atoms with Crippen molar-refractivity contribution in [2.45, 2.75) is 31.6 Å². The van der Waals surface area contributed by atoms with Gasteiger partial charge in [-0.15, -0.1) is 0 Å². The first-order valence-corrected chi connectivity index (χ1v) is 25.9. The van der Waals surface area contributed by atoms with Crippen LogP contribution in [0.3, 0.4) is 0 Å². The van der Waals surface area contributed by atoms with Gasteiger partial charge in [0.15, 0.2) is 0 Å². The molecule has 0 aliphatic heterocycles. The SMILES string of the molecule is CC(C)(C)c1ccc(C2(c3ccc(-c4ccccc4)cc3)c3ccccc3-c3c(-c4ccc(N(c5ccc(-c6cccc7ccccc67)cc5)c5ccc(-c6cccc7ccccc67)cc5)cc4)cccc32)cc1. The van der Waals surface area contributed by atoms with Crippen LogP contribution in [0.1, 0.15) is 48.6 Å². The van der Waals surface area contributed by atoms with Gasteiger partial charge in [0.05, 0.1) is 5.41 Å². The first-order chi connectivity index (χ1) is 36.3. The van der Waals surface area contributed by atoms with Crippen molar-refractivity contribution in [2.75, 3.05) is 4.90 Å². The summed E-state index contributed by atoms with van der Waals surface area (Å²) in [7, 11) is 0. The Morgan fingerprint density at radius 2 is 0.662 bits per heavy atom. The highest BCUT2D eigenvalue weighted by Gasteiger charge is 2.47. The molecule has 12 aromatic carbocycles. The van der Waals surface area contributed by atoms with Crippen LogP contribution in [0.15, 0.2) is 279 Å². The maximum Gasteiger partial charge on any atom is 0.0713 e. The number of fused-ring (bicyclic) bond motifs is 5. The van der Waals surface area contributed by atoms with Crippen molar-refractivity contribution in [2.24, 2.45) is 0 Å². The Hall–Kier alpha value is -9.04. The zero-order valence-corrected chi connectivity index (χ0v) is 42.0. The number of hydrogen-bond acceptors (Lipinski definition) is 1. The molecule has 0 heterocycles. The summed E-state index contributed by atoms with van der Waals surface area (Å²) in [5.74, 6) is 0. The van der Waals surface area contributed by atoms with Crippen LogP contribution in [0.2, 0.25) is 0 Å². The molecule has 0 amide bonds. The molecular formula is C73H55N. The average molecular weight is 946 g/mol. The normalized spacial score (nSPS) is 13.9. The first-order valence-electron chi connectivity index (χ1n) is 25.9. The zero-order valence-electron chi connectivity index (χ0n) is 42.0. The van der Waals surface area contributed by atoms with E-state index < -0.39 is 5.41 Å². The van der Waals surface area contributed by atoms with Gasteiger partial charge in [-0.3, -0.25) is 0 Å². The second-order valence-corrected chi connectivity index (χ2v) is 20.8. The van der Waals surface area contributed by atoms with Crippen molar-refractivity contribution in [3.8, 4) is 55.6 Å². The van der Waals surface area contributed by atoms with Crippen molar-refractivity contribution < 1.29 is 0 Å². The summed E-state index contributed by atoms with van der Waals surface area (Å²) >= 11 is 0. The molecular weight excluding hydrogens is 891 g/mol. The lowest BCUT2D eigenvalue weighted by molar-refractivity contribution is 0.589. The Bertz CT molecular complexity index is 3860. The van der Waals surface area contributed by atoms with E-state index in [0.29, 0.717) is 0 Å². The van der Waals surface area contributed by atoms with Gasteiger partial charge in [0.2, 0.25) is 0 Å². The molecule has 1 aliphatic rings. The van der Waals surface area contributed by atoms with Crippen LogP contribution < -0.4 is 4.90 Å². The van der Waals surface area contributed by atoms with Gasteiger partial charge >= 0.3 is 0 Å². The molecule has 1 nitrogen and oxygen atoms in total. The second-order valence-electron chi connectivity index (χ2n) is 20.8. The third kappa shape index (κ3) is 7.63. The number of anilines is 3. The summed E-state index contributed by atoms with van der Waals surface area (Å²) in [6, 6.07) is 103. The first kappa shape index (κ1) is 44.9. The Kier molecular flexibility index (Phi) is 11.0. The van der Waals surface area contributed by atoms with Gasteiger partial charge in [-0.05, 0) is 147 Å². The van der Waals surface area contributed by atoms with Crippen LogP contribution in [0.4, 0.5) is 17.1 Å². The fourth-order valence-electron chi connectivity index (χ4n) is 11.9. The van der Waals surface area contributed by atoms with Gasteiger partial charge in [-0.1, -0.05) is 263 Å². The van der Waals surface area contributed by atoms with Crippen LogP contribution in [0.25, 0.3) is 77.2 Å². The Labute approximate surface area is 435 Å². The molecule has 0 bridgehead atoms. The van der Waals surface area contributed by atoms with Gasteiger partial charge < -0.3 is 4.90 Å². The van der Waals surface area contributed by atoms with Crippen LogP contribution in [-0.2, 0) is 10.8 Å². The van der Waals surface area contributed by atoms with E-state index in [4.69, 9.17) is 0 Å². The highest BCUT2D eigenvalue weighted by Crippen LogP contribution is 2.58. The van der Waals surface area contributed by atoms with Crippen LogP contribution in [0, 0.1) is 0 Å². The van der Waals surface area contributed by atoms with Gasteiger partial charge in [0.1, 0.15) is 0 Å². The topological polar surface area (TPSA) is 3.24 Å². The van der Waals surface area contributed by atoms with Crippen molar-refractivity contribution in [1.29, 1.82) is 0 Å². The fraction of sp³-hybridized carbons (Fsp3) is 0.0685. The highest BCUT2D eigenvalue weighted by molar-refractivity contribution is 5.99. The minimum atomic E-state index is -0.541. The Morgan fingerprint density at radius 1 is 0.284 bits per heavy atom. The predicted octanol–water partition coefficient (Wildman–Crippen LogP) is 19.8. The van der Waals surface area contributed by atoms with Crippen LogP contribution in [0.5, 0.6) is 0 Å². The van der Waals surface area contributed by atoms with Gasteiger partial charge in [0, 0.05) is 17.1 Å². The predicted molar refractivity (Wildman–Crippen MR) is 314 cm³/mol. The van der Waals surface area contributed by atoms with Crippen molar-refractivity contribution in [3.63, 3.8) is 0 Å². The molecule has 1 atom stereocenters. The molecule has 74 heavy (non-hydrogen) atoms. The van der Waals surface area contributed by atoms with Gasteiger partial charge in [0.25, 0.3) is 0 Å². The smallest absolute Gasteiger partial charge is 0.0713 e. The number of hydrogen-bond donors (Lipinski definition) is 0. The summed E-state index contributed by atoms with van der Waals surface area (Å²) in [6.07, 6.45) is 0. The van der Waals surface area contributed by atoms with E-state index in [-0.39, 0.29) is 5.41 Å². The minimum absolute atomic E-state index is 0.0331. The van der Waals surface area contributed by atoms with E-state index >= 15 is 0 Å². The second kappa shape index (κ2) is 18.2. The van der Waals surface area contributed by atoms with E-state index in [2.05, 4.69) is 305 Å². The van der Waals surface area contributed by atoms with Crippen molar-refractivity contribution in [1.82, 2.24) is 0 Å². The van der Waals surface area contributed by atoms with Crippen LogP contribution >= 0.6 is 0 Å². The lowest BCUT2D eigenvalue weighted by Crippen LogP contribution is -2.28. The van der Waals surface area contributed by atoms with E-state index in [1.54, 1.807) is 0 Å². The summed E-state index contributed by atoms with van der Waals surface area (Å²) in [5.41, 5.74) is 21.5. The summed E-state index contributed by atoms with van der Waals surface area (Å²) in [5, 5.41) is 5.00. The zero-order chi connectivity index (χ0) is 49.8. The maximum atomic E-state index is 2.39. The van der Waals surface area contributed by atoms with Crippen molar-refractivity contribution in [3.05, 3.63) is 307 Å². The van der Waals surface area contributed by atoms with E-state index in [9.17, 15) is 0 Å². The van der Waals surface area contributed by atoms with Crippen molar-refractivity contribution >= 4 is 38.6 Å². The third-order valence-corrected chi connectivity index (χ3v) is 15.6. The maximum absolute atomic E-state index is 2.39. The quantitative estimate of drug-likeness (QED) is 0.139. The Morgan fingerprint density at radius 3 is 1.20 bits per heavy atom. The van der Waals surface area contributed by atoms with Gasteiger partial charge in [-0.25, -0.2) is 0 Å². The number of benzene rings is 12. The molecule has 0 fully saturated rings. The lowest BCUT2D eigenvalue weighted by Gasteiger charge is -2.34. The molecule has 0 aromatic heterocycles. The molecule has 1 unspecified atom stereocenters. The largest absolute Gasteiger partial charge is 0.311 e. The number of nitrogens with zero attached hydrogens (tertiary/aromatic N) is 1. The summed E-state index contributed by atoms with van der Waals surface area (Å²) < 4.78 is 0. The summed E-state index contributed by atoms with van der Waals surface area (Å²) in [6.45, 7) is 6.88. The van der Waals surface area contributed by atoms with E-state index in [1.165, 1.54) is 105 Å².